The summed E-state index contributed by atoms with van der Waals surface area (Å²) < 4.78 is 0. The standard InChI is InChI=1S/C17H18N4O/c1-21-12-16(22)19-20-17(21)14-7-9-15(10-8-14)18-11-13-5-3-2-4-6-13/h2-10,18H,11-12H2,1H3,(H,19,22). The summed E-state index contributed by atoms with van der Waals surface area (Å²) in [7, 11) is 1.86. The van der Waals surface area contributed by atoms with E-state index < -0.39 is 0 Å². The molecule has 3 rings (SSSR count). The van der Waals surface area contributed by atoms with Crippen LogP contribution in [-0.4, -0.2) is 30.2 Å². The Morgan fingerprint density at radius 2 is 1.86 bits per heavy atom. The molecule has 0 bridgehead atoms. The van der Waals surface area contributed by atoms with Crippen molar-refractivity contribution in [3.05, 3.63) is 65.7 Å². The van der Waals surface area contributed by atoms with Gasteiger partial charge in [0.05, 0.1) is 6.54 Å². The number of amides is 1. The third-order valence-corrected chi connectivity index (χ3v) is 3.51. The van der Waals surface area contributed by atoms with Crippen molar-refractivity contribution in [1.29, 1.82) is 0 Å². The summed E-state index contributed by atoms with van der Waals surface area (Å²) >= 11 is 0. The van der Waals surface area contributed by atoms with Crippen molar-refractivity contribution in [1.82, 2.24) is 10.3 Å². The lowest BCUT2D eigenvalue weighted by Gasteiger charge is -2.24. The zero-order valence-corrected chi connectivity index (χ0v) is 12.4. The Labute approximate surface area is 129 Å². The summed E-state index contributed by atoms with van der Waals surface area (Å²) in [5.74, 6) is 0.682. The van der Waals surface area contributed by atoms with Gasteiger partial charge in [0.25, 0.3) is 5.91 Å². The van der Waals surface area contributed by atoms with Gasteiger partial charge in [-0.15, -0.1) is 0 Å². The normalized spacial score (nSPS) is 14.3. The smallest absolute Gasteiger partial charge is 0.259 e. The number of anilines is 1. The van der Waals surface area contributed by atoms with Crippen LogP contribution in [0.3, 0.4) is 0 Å². The maximum atomic E-state index is 11.3. The number of nitrogens with zero attached hydrogens (tertiary/aromatic N) is 2. The molecule has 2 N–H and O–H groups in total. The predicted molar refractivity (Wildman–Crippen MR) is 87.5 cm³/mol. The van der Waals surface area contributed by atoms with Crippen LogP contribution in [0.1, 0.15) is 11.1 Å². The molecule has 1 amide bonds. The van der Waals surface area contributed by atoms with Crippen molar-refractivity contribution < 1.29 is 4.79 Å². The molecule has 2 aromatic carbocycles. The number of rotatable bonds is 4. The highest BCUT2D eigenvalue weighted by atomic mass is 16.2. The molecule has 0 radical (unpaired) electrons. The van der Waals surface area contributed by atoms with Gasteiger partial charge >= 0.3 is 0 Å². The van der Waals surface area contributed by atoms with Crippen molar-refractivity contribution >= 4 is 17.4 Å². The molecule has 0 saturated heterocycles. The fourth-order valence-electron chi connectivity index (χ4n) is 2.35. The number of nitrogens with one attached hydrogen (secondary N) is 2. The van der Waals surface area contributed by atoms with Crippen LogP contribution in [-0.2, 0) is 11.3 Å². The molecule has 1 heterocycles. The zero-order valence-electron chi connectivity index (χ0n) is 12.4. The van der Waals surface area contributed by atoms with Gasteiger partial charge in [-0.05, 0) is 29.8 Å². The first kappa shape index (κ1) is 14.1. The van der Waals surface area contributed by atoms with E-state index in [2.05, 4.69) is 28.0 Å². The molecule has 0 atom stereocenters. The maximum absolute atomic E-state index is 11.3. The van der Waals surface area contributed by atoms with Gasteiger partial charge in [-0.1, -0.05) is 30.3 Å². The van der Waals surface area contributed by atoms with Gasteiger partial charge < -0.3 is 10.2 Å². The van der Waals surface area contributed by atoms with Crippen LogP contribution in [0.25, 0.3) is 0 Å². The van der Waals surface area contributed by atoms with Gasteiger partial charge in [-0.25, -0.2) is 5.43 Å². The molecule has 0 aromatic heterocycles. The van der Waals surface area contributed by atoms with E-state index in [4.69, 9.17) is 0 Å². The van der Waals surface area contributed by atoms with E-state index in [-0.39, 0.29) is 5.91 Å². The van der Waals surface area contributed by atoms with Crippen LogP contribution < -0.4 is 10.7 Å². The van der Waals surface area contributed by atoms with Crippen molar-refractivity contribution in [3.8, 4) is 0 Å². The van der Waals surface area contributed by atoms with E-state index in [0.717, 1.165) is 23.6 Å². The van der Waals surface area contributed by atoms with Crippen molar-refractivity contribution in [2.24, 2.45) is 5.10 Å². The van der Waals surface area contributed by atoms with Crippen LogP contribution in [0.2, 0.25) is 0 Å². The van der Waals surface area contributed by atoms with Gasteiger partial charge in [0, 0.05) is 24.8 Å². The monoisotopic (exact) mass is 294 g/mol. The van der Waals surface area contributed by atoms with Gasteiger partial charge in [0.15, 0.2) is 5.84 Å². The highest BCUT2D eigenvalue weighted by molar-refractivity contribution is 6.02. The topological polar surface area (TPSA) is 56.7 Å². The Balaban J connectivity index is 1.67. The first-order chi connectivity index (χ1) is 10.7. The number of carbonyl (C=O) groups is 1. The molecular formula is C17H18N4O. The first-order valence-electron chi connectivity index (χ1n) is 7.18. The summed E-state index contributed by atoms with van der Waals surface area (Å²) in [5.41, 5.74) is 5.79. The maximum Gasteiger partial charge on any atom is 0.259 e. The summed E-state index contributed by atoms with van der Waals surface area (Å²) in [5, 5.41) is 7.49. The lowest BCUT2D eigenvalue weighted by Crippen LogP contribution is -2.43. The molecule has 0 spiro atoms. The highest BCUT2D eigenvalue weighted by Gasteiger charge is 2.17. The number of carbonyl (C=O) groups excluding carboxylic acids is 1. The van der Waals surface area contributed by atoms with Gasteiger partial charge in [0.1, 0.15) is 0 Å². The fourth-order valence-corrected chi connectivity index (χ4v) is 2.35. The molecule has 1 aliphatic heterocycles. The van der Waals surface area contributed by atoms with Gasteiger partial charge in [-0.2, -0.15) is 5.10 Å². The van der Waals surface area contributed by atoms with E-state index in [1.54, 1.807) is 0 Å². The Bertz CT molecular complexity index is 680. The van der Waals surface area contributed by atoms with Crippen molar-refractivity contribution in [2.45, 2.75) is 6.54 Å². The molecule has 1 aliphatic rings. The zero-order chi connectivity index (χ0) is 15.4. The van der Waals surface area contributed by atoms with E-state index >= 15 is 0 Å². The molecule has 0 aliphatic carbocycles. The predicted octanol–water partition coefficient (Wildman–Crippen LogP) is 2.02. The lowest BCUT2D eigenvalue weighted by atomic mass is 10.1. The number of hydrogen-bond donors (Lipinski definition) is 2. The molecule has 0 unspecified atom stereocenters. The van der Waals surface area contributed by atoms with Crippen LogP contribution in [0.15, 0.2) is 59.7 Å². The molecule has 5 nitrogen and oxygen atoms in total. The van der Waals surface area contributed by atoms with E-state index in [9.17, 15) is 4.79 Å². The fraction of sp³-hybridized carbons (Fsp3) is 0.176. The van der Waals surface area contributed by atoms with Crippen LogP contribution >= 0.6 is 0 Å². The highest BCUT2D eigenvalue weighted by Crippen LogP contribution is 2.14. The minimum Gasteiger partial charge on any atom is -0.381 e. The molecule has 0 saturated carbocycles. The van der Waals surface area contributed by atoms with Crippen molar-refractivity contribution in [3.63, 3.8) is 0 Å². The molecule has 22 heavy (non-hydrogen) atoms. The molecule has 112 valence electrons. The molecule has 0 fully saturated rings. The summed E-state index contributed by atoms with van der Waals surface area (Å²) in [6, 6.07) is 18.3. The largest absolute Gasteiger partial charge is 0.381 e. The number of hydrazone groups is 1. The second-order valence-electron chi connectivity index (χ2n) is 5.24. The molecule has 2 aromatic rings. The van der Waals surface area contributed by atoms with E-state index in [1.165, 1.54) is 5.56 Å². The van der Waals surface area contributed by atoms with Crippen LogP contribution in [0, 0.1) is 0 Å². The Morgan fingerprint density at radius 3 is 2.55 bits per heavy atom. The number of hydrogen-bond acceptors (Lipinski definition) is 4. The average Bonchev–Trinajstić information content (AvgIpc) is 2.55. The van der Waals surface area contributed by atoms with Crippen LogP contribution in [0.5, 0.6) is 0 Å². The Morgan fingerprint density at radius 1 is 1.14 bits per heavy atom. The molecule has 5 heteroatoms. The van der Waals surface area contributed by atoms with E-state index in [1.807, 2.05) is 54.4 Å². The van der Waals surface area contributed by atoms with Gasteiger partial charge in [-0.3, -0.25) is 4.79 Å². The quantitative estimate of drug-likeness (QED) is 0.907. The van der Waals surface area contributed by atoms with Crippen molar-refractivity contribution in [2.75, 3.05) is 18.9 Å². The summed E-state index contributed by atoms with van der Waals surface area (Å²) in [6.45, 7) is 1.12. The SMILES string of the molecule is CN1CC(=O)NN=C1c1ccc(NCc2ccccc2)cc1. The Hall–Kier alpha value is -2.82. The number of amidine groups is 1. The summed E-state index contributed by atoms with van der Waals surface area (Å²) in [6.07, 6.45) is 0. The third kappa shape index (κ3) is 3.25. The number of likely N-dealkylation sites (N-methyl/N-ethyl adjacent to an activating group) is 1. The second-order valence-corrected chi connectivity index (χ2v) is 5.24. The van der Waals surface area contributed by atoms with Crippen LogP contribution in [0.4, 0.5) is 5.69 Å². The minimum absolute atomic E-state index is 0.0904. The summed E-state index contributed by atoms with van der Waals surface area (Å²) in [4.78, 5) is 13.1. The lowest BCUT2D eigenvalue weighted by molar-refractivity contribution is -0.121. The third-order valence-electron chi connectivity index (χ3n) is 3.51. The average molecular weight is 294 g/mol. The first-order valence-corrected chi connectivity index (χ1v) is 7.18. The van der Waals surface area contributed by atoms with Gasteiger partial charge in [0.2, 0.25) is 0 Å². The Kier molecular flexibility index (Phi) is 4.05. The minimum atomic E-state index is -0.0904. The van der Waals surface area contributed by atoms with E-state index in [0.29, 0.717) is 6.54 Å². The number of benzene rings is 2. The second kappa shape index (κ2) is 6.30. The molecular weight excluding hydrogens is 276 g/mol.